The van der Waals surface area contributed by atoms with Crippen molar-refractivity contribution < 1.29 is 14.6 Å². The molecule has 0 aliphatic heterocycles. The number of nitrogens with zero attached hydrogens (tertiary/aromatic N) is 1. The van der Waals surface area contributed by atoms with Gasteiger partial charge in [-0.15, -0.1) is 0 Å². The van der Waals surface area contributed by atoms with Gasteiger partial charge >= 0.3 is 5.97 Å². The summed E-state index contributed by atoms with van der Waals surface area (Å²) >= 11 is 0. The van der Waals surface area contributed by atoms with Crippen LogP contribution in [0.3, 0.4) is 0 Å². The van der Waals surface area contributed by atoms with Crippen molar-refractivity contribution in [3.05, 3.63) is 35.9 Å². The molecule has 0 spiro atoms. The Kier molecular flexibility index (Phi) is 6.81. The van der Waals surface area contributed by atoms with Crippen LogP contribution in [0, 0.1) is 0 Å². The molecule has 0 aliphatic rings. The second kappa shape index (κ2) is 8.12. The normalized spacial score (nSPS) is 13.2. The quantitative estimate of drug-likeness (QED) is 0.738. The Morgan fingerprint density at radius 1 is 1.33 bits per heavy atom. The molecule has 0 heterocycles. The van der Waals surface area contributed by atoms with Crippen molar-refractivity contribution in [2.75, 3.05) is 19.7 Å². The van der Waals surface area contributed by atoms with Crippen LogP contribution < -0.4 is 5.73 Å². The number of hydrogen-bond acceptors (Lipinski definition) is 5. The average molecular weight is 294 g/mol. The monoisotopic (exact) mass is 294 g/mol. The third-order valence-corrected chi connectivity index (χ3v) is 2.83. The van der Waals surface area contributed by atoms with Crippen LogP contribution in [0.15, 0.2) is 30.3 Å². The highest BCUT2D eigenvalue weighted by Gasteiger charge is 2.24. The first-order valence-electron chi connectivity index (χ1n) is 7.17. The van der Waals surface area contributed by atoms with Crippen LogP contribution in [-0.2, 0) is 16.1 Å². The number of aliphatic hydroxyl groups excluding tert-OH is 1. The van der Waals surface area contributed by atoms with E-state index in [9.17, 15) is 4.79 Å². The molecule has 5 nitrogen and oxygen atoms in total. The number of ether oxygens (including phenoxy) is 1. The third kappa shape index (κ3) is 7.22. The van der Waals surface area contributed by atoms with Crippen molar-refractivity contribution in [1.29, 1.82) is 0 Å². The molecule has 0 radical (unpaired) electrons. The van der Waals surface area contributed by atoms with Crippen LogP contribution in [-0.4, -0.2) is 47.3 Å². The Morgan fingerprint density at radius 3 is 2.48 bits per heavy atom. The Bertz CT molecular complexity index is 429. The average Bonchev–Trinajstić information content (AvgIpc) is 2.38. The molecule has 0 aromatic heterocycles. The zero-order valence-electron chi connectivity index (χ0n) is 13.1. The van der Waals surface area contributed by atoms with Crippen LogP contribution in [0.4, 0.5) is 0 Å². The summed E-state index contributed by atoms with van der Waals surface area (Å²) in [6, 6.07) is 9.15. The van der Waals surface area contributed by atoms with Crippen molar-refractivity contribution in [2.45, 2.75) is 39.0 Å². The van der Waals surface area contributed by atoms with Gasteiger partial charge in [-0.05, 0) is 26.3 Å². The molecule has 1 atom stereocenters. The second-order valence-corrected chi connectivity index (χ2v) is 6.08. The van der Waals surface area contributed by atoms with Gasteiger partial charge in [-0.1, -0.05) is 30.3 Å². The lowest BCUT2D eigenvalue weighted by molar-refractivity contribution is -0.157. The molecule has 21 heavy (non-hydrogen) atoms. The van der Waals surface area contributed by atoms with E-state index in [1.807, 2.05) is 56.0 Å². The number of hydrogen-bond donors (Lipinski definition) is 2. The number of nitrogens with two attached hydrogens (primary N) is 1. The van der Waals surface area contributed by atoms with E-state index < -0.39 is 17.6 Å². The minimum absolute atomic E-state index is 0.0217. The van der Waals surface area contributed by atoms with Crippen LogP contribution in [0.2, 0.25) is 0 Å². The summed E-state index contributed by atoms with van der Waals surface area (Å²) in [5.41, 5.74) is 6.48. The predicted octanol–water partition coefficient (Wildman–Crippen LogP) is 1.15. The predicted molar refractivity (Wildman–Crippen MR) is 82.6 cm³/mol. The van der Waals surface area contributed by atoms with E-state index >= 15 is 0 Å². The maximum absolute atomic E-state index is 11.9. The van der Waals surface area contributed by atoms with Gasteiger partial charge in [0.15, 0.2) is 0 Å². The van der Waals surface area contributed by atoms with Crippen LogP contribution in [0.25, 0.3) is 0 Å². The first-order valence-corrected chi connectivity index (χ1v) is 7.17. The Balaban J connectivity index is 2.59. The molecule has 5 heteroatoms. The zero-order chi connectivity index (χ0) is 15.9. The summed E-state index contributed by atoms with van der Waals surface area (Å²) in [5, 5.41) is 9.15. The highest BCUT2D eigenvalue weighted by Crippen LogP contribution is 2.09. The second-order valence-electron chi connectivity index (χ2n) is 6.08. The molecule has 0 aliphatic carbocycles. The van der Waals surface area contributed by atoms with Crippen molar-refractivity contribution in [3.63, 3.8) is 0 Å². The fourth-order valence-electron chi connectivity index (χ4n) is 1.95. The first-order chi connectivity index (χ1) is 9.81. The van der Waals surface area contributed by atoms with Crippen molar-refractivity contribution in [1.82, 2.24) is 4.90 Å². The van der Waals surface area contributed by atoms with Gasteiger partial charge in [-0.3, -0.25) is 9.69 Å². The molecule has 1 aromatic carbocycles. The summed E-state index contributed by atoms with van der Waals surface area (Å²) in [6.45, 7) is 6.91. The maximum Gasteiger partial charge on any atom is 0.324 e. The molecule has 118 valence electrons. The number of carbonyl (C=O) groups is 1. The number of carbonyl (C=O) groups excluding carboxylic acids is 1. The van der Waals surface area contributed by atoms with E-state index in [4.69, 9.17) is 15.6 Å². The Hall–Kier alpha value is -1.43. The summed E-state index contributed by atoms with van der Waals surface area (Å²) < 4.78 is 5.28. The third-order valence-electron chi connectivity index (χ3n) is 2.83. The number of esters is 1. The minimum Gasteiger partial charge on any atom is -0.459 e. The summed E-state index contributed by atoms with van der Waals surface area (Å²) in [5.74, 6) is -0.418. The smallest absolute Gasteiger partial charge is 0.324 e. The van der Waals surface area contributed by atoms with E-state index in [0.717, 1.165) is 5.56 Å². The zero-order valence-corrected chi connectivity index (χ0v) is 13.1. The van der Waals surface area contributed by atoms with E-state index in [0.29, 0.717) is 19.6 Å². The topological polar surface area (TPSA) is 75.8 Å². The standard InChI is InChI=1S/C16H26N2O3/c1-16(2,3)21-15(20)14(17)12-18(9-10-19)11-13-7-5-4-6-8-13/h4-8,14,19H,9-12,17H2,1-3H3. The molecule has 1 aromatic rings. The molecule has 0 saturated carbocycles. The number of benzene rings is 1. The SMILES string of the molecule is CC(C)(C)OC(=O)C(N)CN(CCO)Cc1ccccc1. The van der Waals surface area contributed by atoms with Crippen LogP contribution in [0.1, 0.15) is 26.3 Å². The molecular formula is C16H26N2O3. The van der Waals surface area contributed by atoms with Crippen molar-refractivity contribution in [3.8, 4) is 0 Å². The van der Waals surface area contributed by atoms with Crippen molar-refractivity contribution >= 4 is 5.97 Å². The summed E-state index contributed by atoms with van der Waals surface area (Å²) in [4.78, 5) is 13.9. The lowest BCUT2D eigenvalue weighted by Crippen LogP contribution is -2.46. The molecule has 0 fully saturated rings. The van der Waals surface area contributed by atoms with Crippen LogP contribution in [0.5, 0.6) is 0 Å². The molecule has 1 rings (SSSR count). The van der Waals surface area contributed by atoms with Gasteiger partial charge in [0, 0.05) is 19.6 Å². The van der Waals surface area contributed by atoms with Crippen LogP contribution >= 0.6 is 0 Å². The fourth-order valence-corrected chi connectivity index (χ4v) is 1.95. The van der Waals surface area contributed by atoms with E-state index in [2.05, 4.69) is 0 Å². The van der Waals surface area contributed by atoms with Gasteiger partial charge in [0.25, 0.3) is 0 Å². The first kappa shape index (κ1) is 17.6. The molecular weight excluding hydrogens is 268 g/mol. The van der Waals surface area contributed by atoms with E-state index in [-0.39, 0.29) is 6.61 Å². The highest BCUT2D eigenvalue weighted by atomic mass is 16.6. The van der Waals surface area contributed by atoms with Gasteiger partial charge < -0.3 is 15.6 Å². The lowest BCUT2D eigenvalue weighted by Gasteiger charge is -2.27. The Labute approximate surface area is 126 Å². The minimum atomic E-state index is -0.723. The fraction of sp³-hybridized carbons (Fsp3) is 0.562. The van der Waals surface area contributed by atoms with Gasteiger partial charge in [0.2, 0.25) is 0 Å². The Morgan fingerprint density at radius 2 is 1.95 bits per heavy atom. The van der Waals surface area contributed by atoms with Gasteiger partial charge in [-0.25, -0.2) is 0 Å². The van der Waals surface area contributed by atoms with E-state index in [1.165, 1.54) is 0 Å². The lowest BCUT2D eigenvalue weighted by atomic mass is 10.1. The van der Waals surface area contributed by atoms with Gasteiger partial charge in [0.1, 0.15) is 11.6 Å². The highest BCUT2D eigenvalue weighted by molar-refractivity contribution is 5.76. The molecule has 3 N–H and O–H groups in total. The largest absolute Gasteiger partial charge is 0.459 e. The summed E-state index contributed by atoms with van der Waals surface area (Å²) in [7, 11) is 0. The number of aliphatic hydroxyl groups is 1. The summed E-state index contributed by atoms with van der Waals surface area (Å²) in [6.07, 6.45) is 0. The van der Waals surface area contributed by atoms with Gasteiger partial charge in [-0.2, -0.15) is 0 Å². The maximum atomic E-state index is 11.9. The number of rotatable bonds is 7. The molecule has 1 unspecified atom stereocenters. The molecule has 0 saturated heterocycles. The van der Waals surface area contributed by atoms with Crippen molar-refractivity contribution in [2.24, 2.45) is 5.73 Å². The van der Waals surface area contributed by atoms with E-state index in [1.54, 1.807) is 0 Å². The molecule has 0 amide bonds. The van der Waals surface area contributed by atoms with Gasteiger partial charge in [0.05, 0.1) is 6.61 Å². The molecule has 0 bridgehead atoms.